The van der Waals surface area contributed by atoms with Gasteiger partial charge in [-0.2, -0.15) is 0 Å². The highest BCUT2D eigenvalue weighted by Crippen LogP contribution is 2.24. The lowest BCUT2D eigenvalue weighted by Crippen LogP contribution is -2.07. The van der Waals surface area contributed by atoms with Gasteiger partial charge in [-0.1, -0.05) is 12.1 Å². The molecule has 0 spiro atoms. The van der Waals surface area contributed by atoms with Gasteiger partial charge in [-0.25, -0.2) is 22.5 Å². The Morgan fingerprint density at radius 1 is 1.07 bits per heavy atom. The maximum atomic E-state index is 13.7. The number of rotatable bonds is 6. The van der Waals surface area contributed by atoms with E-state index in [1.165, 1.54) is 24.4 Å². The summed E-state index contributed by atoms with van der Waals surface area (Å²) < 4.78 is 63.5. The van der Waals surface area contributed by atoms with E-state index in [2.05, 4.69) is 4.98 Å². The Hall–Kier alpha value is -3.16. The van der Waals surface area contributed by atoms with Crippen LogP contribution in [0, 0.1) is 23.3 Å². The molecule has 3 aromatic rings. The molecule has 3 rings (SSSR count). The van der Waals surface area contributed by atoms with Gasteiger partial charge in [0.25, 0.3) is 0 Å². The van der Waals surface area contributed by atoms with Crippen LogP contribution < -0.4 is 0 Å². The second-order valence-corrected chi connectivity index (χ2v) is 5.62. The summed E-state index contributed by atoms with van der Waals surface area (Å²) in [5.74, 6) is -4.01. The Labute approximate surface area is 151 Å². The standard InChI is InChI=1S/C19H13F4NO3/c20-12-4-5-13(15(22)8-12)16-9-24-17(27-16)6-7-18(25)26-10-11-2-1-3-14(21)19(11)23/h1-5,8-9H,6-7,10H2. The van der Waals surface area contributed by atoms with Crippen molar-refractivity contribution < 1.29 is 31.5 Å². The first kappa shape index (κ1) is 18.6. The van der Waals surface area contributed by atoms with Gasteiger partial charge in [-0.05, 0) is 18.2 Å². The van der Waals surface area contributed by atoms with Crippen LogP contribution in [-0.2, 0) is 22.6 Å². The molecule has 0 atom stereocenters. The third-order valence-electron chi connectivity index (χ3n) is 3.71. The van der Waals surface area contributed by atoms with Crippen LogP contribution in [0.4, 0.5) is 17.6 Å². The lowest BCUT2D eigenvalue weighted by Gasteiger charge is -2.05. The topological polar surface area (TPSA) is 52.3 Å². The van der Waals surface area contributed by atoms with E-state index in [4.69, 9.17) is 9.15 Å². The summed E-state index contributed by atoms with van der Waals surface area (Å²) in [7, 11) is 0. The van der Waals surface area contributed by atoms with Gasteiger partial charge in [-0.3, -0.25) is 4.79 Å². The predicted octanol–water partition coefficient (Wildman–Crippen LogP) is 4.57. The number of oxazole rings is 1. The van der Waals surface area contributed by atoms with Crippen molar-refractivity contribution in [3.63, 3.8) is 0 Å². The molecule has 0 fully saturated rings. The summed E-state index contributed by atoms with van der Waals surface area (Å²) in [4.78, 5) is 15.7. The van der Waals surface area contributed by atoms with Crippen LogP contribution in [0.5, 0.6) is 0 Å². The van der Waals surface area contributed by atoms with Crippen molar-refractivity contribution in [1.82, 2.24) is 4.98 Å². The van der Waals surface area contributed by atoms with Gasteiger partial charge in [0.15, 0.2) is 23.3 Å². The van der Waals surface area contributed by atoms with Crippen molar-refractivity contribution in [2.75, 3.05) is 0 Å². The zero-order valence-corrected chi connectivity index (χ0v) is 13.8. The van der Waals surface area contributed by atoms with Crippen LogP contribution in [0.15, 0.2) is 47.0 Å². The normalized spacial score (nSPS) is 10.8. The van der Waals surface area contributed by atoms with Crippen LogP contribution in [0.2, 0.25) is 0 Å². The number of hydrogen-bond acceptors (Lipinski definition) is 4. The van der Waals surface area contributed by atoms with Gasteiger partial charge in [0, 0.05) is 18.1 Å². The molecule has 4 nitrogen and oxygen atoms in total. The molecule has 0 amide bonds. The van der Waals surface area contributed by atoms with Crippen LogP contribution in [0.25, 0.3) is 11.3 Å². The molecule has 2 aromatic carbocycles. The summed E-state index contributed by atoms with van der Waals surface area (Å²) in [5.41, 5.74) is -0.0344. The number of esters is 1. The molecule has 0 bridgehead atoms. The van der Waals surface area contributed by atoms with Crippen LogP contribution in [-0.4, -0.2) is 11.0 Å². The van der Waals surface area contributed by atoms with Crippen molar-refractivity contribution >= 4 is 5.97 Å². The van der Waals surface area contributed by atoms with E-state index >= 15 is 0 Å². The second-order valence-electron chi connectivity index (χ2n) is 5.62. The van der Waals surface area contributed by atoms with Crippen molar-refractivity contribution in [3.05, 3.63) is 77.3 Å². The zero-order chi connectivity index (χ0) is 19.4. The number of nitrogens with zero attached hydrogens (tertiary/aromatic N) is 1. The van der Waals surface area contributed by atoms with Gasteiger partial charge in [-0.15, -0.1) is 0 Å². The smallest absolute Gasteiger partial charge is 0.306 e. The first-order valence-corrected chi connectivity index (χ1v) is 7.92. The fraction of sp³-hybridized carbons (Fsp3) is 0.158. The van der Waals surface area contributed by atoms with E-state index in [1.807, 2.05) is 0 Å². The molecule has 0 saturated carbocycles. The number of carbonyl (C=O) groups excluding carboxylic acids is 1. The van der Waals surface area contributed by atoms with Gasteiger partial charge in [0.1, 0.15) is 18.2 Å². The third kappa shape index (κ3) is 4.52. The van der Waals surface area contributed by atoms with Crippen molar-refractivity contribution in [2.45, 2.75) is 19.4 Å². The fourth-order valence-corrected chi connectivity index (χ4v) is 2.34. The van der Waals surface area contributed by atoms with E-state index in [0.29, 0.717) is 0 Å². The van der Waals surface area contributed by atoms with Gasteiger partial charge in [0.2, 0.25) is 0 Å². The Kier molecular flexibility index (Phi) is 5.54. The maximum absolute atomic E-state index is 13.7. The number of aryl methyl sites for hydroxylation is 1. The number of ether oxygens (including phenoxy) is 1. The summed E-state index contributed by atoms with van der Waals surface area (Å²) >= 11 is 0. The Balaban J connectivity index is 1.55. The SMILES string of the molecule is O=C(CCc1ncc(-c2ccc(F)cc2F)o1)OCc1cccc(F)c1F. The van der Waals surface area contributed by atoms with Gasteiger partial charge in [0.05, 0.1) is 18.2 Å². The van der Waals surface area contributed by atoms with Crippen LogP contribution >= 0.6 is 0 Å². The quantitative estimate of drug-likeness (QED) is 0.465. The highest BCUT2D eigenvalue weighted by Gasteiger charge is 2.14. The molecule has 0 aliphatic rings. The van der Waals surface area contributed by atoms with Crippen molar-refractivity contribution in [2.24, 2.45) is 0 Å². The first-order valence-electron chi connectivity index (χ1n) is 7.92. The largest absolute Gasteiger partial charge is 0.461 e. The highest BCUT2D eigenvalue weighted by molar-refractivity contribution is 5.69. The minimum absolute atomic E-state index is 0.0410. The highest BCUT2D eigenvalue weighted by atomic mass is 19.2. The molecular weight excluding hydrogens is 366 g/mol. The maximum Gasteiger partial charge on any atom is 0.306 e. The molecule has 1 aromatic heterocycles. The lowest BCUT2D eigenvalue weighted by molar-refractivity contribution is -0.145. The number of hydrogen-bond donors (Lipinski definition) is 0. The molecule has 8 heteroatoms. The van der Waals surface area contributed by atoms with Gasteiger partial charge >= 0.3 is 5.97 Å². The second kappa shape index (κ2) is 8.03. The summed E-state index contributed by atoms with van der Waals surface area (Å²) in [6.07, 6.45) is 1.20. The van der Waals surface area contributed by atoms with E-state index in [1.54, 1.807) is 0 Å². The van der Waals surface area contributed by atoms with Crippen LogP contribution in [0.3, 0.4) is 0 Å². The number of halogens is 4. The third-order valence-corrected chi connectivity index (χ3v) is 3.71. The first-order chi connectivity index (χ1) is 12.9. The molecule has 0 radical (unpaired) electrons. The van der Waals surface area contributed by atoms with Crippen molar-refractivity contribution in [1.29, 1.82) is 0 Å². The van der Waals surface area contributed by atoms with E-state index in [-0.39, 0.29) is 35.6 Å². The summed E-state index contributed by atoms with van der Waals surface area (Å²) in [6, 6.07) is 6.61. The van der Waals surface area contributed by atoms with Crippen LogP contribution in [0.1, 0.15) is 17.9 Å². The van der Waals surface area contributed by atoms with Gasteiger partial charge < -0.3 is 9.15 Å². The van der Waals surface area contributed by atoms with Crippen molar-refractivity contribution in [3.8, 4) is 11.3 Å². The number of aromatic nitrogens is 1. The lowest BCUT2D eigenvalue weighted by atomic mass is 10.2. The molecule has 0 N–H and O–H groups in total. The molecular formula is C19H13F4NO3. The molecule has 27 heavy (non-hydrogen) atoms. The minimum atomic E-state index is -1.07. The Morgan fingerprint density at radius 2 is 1.89 bits per heavy atom. The van der Waals surface area contributed by atoms with E-state index < -0.39 is 35.8 Å². The average Bonchev–Trinajstić information content (AvgIpc) is 3.10. The molecule has 1 heterocycles. The molecule has 0 unspecified atom stereocenters. The monoisotopic (exact) mass is 379 g/mol. The number of carbonyl (C=O) groups is 1. The minimum Gasteiger partial charge on any atom is -0.461 e. The molecule has 0 saturated heterocycles. The zero-order valence-electron chi connectivity index (χ0n) is 13.8. The summed E-state index contributed by atoms with van der Waals surface area (Å²) in [6.45, 7) is -0.403. The Morgan fingerprint density at radius 3 is 2.67 bits per heavy atom. The molecule has 0 aliphatic heterocycles. The molecule has 0 aliphatic carbocycles. The summed E-state index contributed by atoms with van der Waals surface area (Å²) in [5, 5.41) is 0. The van der Waals surface area contributed by atoms with E-state index in [0.717, 1.165) is 18.2 Å². The van der Waals surface area contributed by atoms with E-state index in [9.17, 15) is 22.4 Å². The average molecular weight is 379 g/mol. The fourth-order valence-electron chi connectivity index (χ4n) is 2.34. The number of benzene rings is 2. The predicted molar refractivity (Wildman–Crippen MR) is 86.3 cm³/mol. The molecule has 140 valence electrons. The Bertz CT molecular complexity index is 971.